The molecule has 1 aliphatic rings. The second-order valence-electron chi connectivity index (χ2n) is 7.17. The summed E-state index contributed by atoms with van der Waals surface area (Å²) in [6.07, 6.45) is 4.78. The SMILES string of the molecule is CCCCC(CC)CNC(=O)N1CCN(Cc2ccc(C#N)cc2)CC1. The topological polar surface area (TPSA) is 59.4 Å². The van der Waals surface area contributed by atoms with E-state index in [1.54, 1.807) is 0 Å². The van der Waals surface area contributed by atoms with Crippen molar-refractivity contribution in [1.82, 2.24) is 15.1 Å². The standard InChI is InChI=1S/C21H32N4O/c1-3-5-6-18(4-2)16-23-21(26)25-13-11-24(12-14-25)17-20-9-7-19(15-22)8-10-20/h7-10,18H,3-6,11-14,16-17H2,1-2H3,(H,23,26). The lowest BCUT2D eigenvalue weighted by atomic mass is 9.99. The maximum Gasteiger partial charge on any atom is 0.317 e. The van der Waals surface area contributed by atoms with E-state index in [0.717, 1.165) is 45.7 Å². The third kappa shape index (κ3) is 6.34. The molecular weight excluding hydrogens is 324 g/mol. The number of nitrogens with zero attached hydrogens (tertiary/aromatic N) is 3. The Morgan fingerprint density at radius 2 is 1.88 bits per heavy atom. The molecule has 1 saturated heterocycles. The summed E-state index contributed by atoms with van der Waals surface area (Å²) in [5.41, 5.74) is 1.91. The zero-order valence-electron chi connectivity index (χ0n) is 16.2. The van der Waals surface area contributed by atoms with Crippen molar-refractivity contribution in [3.8, 4) is 6.07 Å². The van der Waals surface area contributed by atoms with Crippen LogP contribution in [-0.2, 0) is 6.54 Å². The molecule has 0 spiro atoms. The number of carbonyl (C=O) groups excluding carboxylic acids is 1. The lowest BCUT2D eigenvalue weighted by Crippen LogP contribution is -2.52. The number of carbonyl (C=O) groups is 1. The molecule has 0 aliphatic carbocycles. The summed E-state index contributed by atoms with van der Waals surface area (Å²) in [6.45, 7) is 9.40. The average molecular weight is 357 g/mol. The van der Waals surface area contributed by atoms with E-state index in [2.05, 4.69) is 30.1 Å². The molecule has 1 aromatic rings. The normalized spacial score (nSPS) is 16.1. The van der Waals surface area contributed by atoms with Gasteiger partial charge in [0.25, 0.3) is 0 Å². The summed E-state index contributed by atoms with van der Waals surface area (Å²) < 4.78 is 0. The number of hydrogen-bond donors (Lipinski definition) is 1. The lowest BCUT2D eigenvalue weighted by Gasteiger charge is -2.35. The van der Waals surface area contributed by atoms with Crippen LogP contribution in [0.15, 0.2) is 24.3 Å². The van der Waals surface area contributed by atoms with Crippen molar-refractivity contribution < 1.29 is 4.79 Å². The van der Waals surface area contributed by atoms with E-state index in [1.165, 1.54) is 24.8 Å². The Bertz CT molecular complexity index is 585. The van der Waals surface area contributed by atoms with Crippen LogP contribution in [0.4, 0.5) is 4.79 Å². The first kappa shape index (κ1) is 20.3. The summed E-state index contributed by atoms with van der Waals surface area (Å²) in [7, 11) is 0. The number of amides is 2. The summed E-state index contributed by atoms with van der Waals surface area (Å²) in [5, 5.41) is 12.0. The van der Waals surface area contributed by atoms with Crippen LogP contribution in [0.25, 0.3) is 0 Å². The number of urea groups is 1. The van der Waals surface area contributed by atoms with Crippen molar-refractivity contribution in [2.24, 2.45) is 5.92 Å². The van der Waals surface area contributed by atoms with Crippen LogP contribution in [0.1, 0.15) is 50.7 Å². The fraction of sp³-hybridized carbons (Fsp3) is 0.619. The van der Waals surface area contributed by atoms with Crippen molar-refractivity contribution in [3.63, 3.8) is 0 Å². The highest BCUT2D eigenvalue weighted by Gasteiger charge is 2.21. The minimum Gasteiger partial charge on any atom is -0.338 e. The van der Waals surface area contributed by atoms with Crippen molar-refractivity contribution in [2.75, 3.05) is 32.7 Å². The van der Waals surface area contributed by atoms with Gasteiger partial charge in [0.1, 0.15) is 0 Å². The summed E-state index contributed by atoms with van der Waals surface area (Å²) >= 11 is 0. The molecule has 1 N–H and O–H groups in total. The average Bonchev–Trinajstić information content (AvgIpc) is 2.69. The molecule has 2 rings (SSSR count). The zero-order chi connectivity index (χ0) is 18.8. The van der Waals surface area contributed by atoms with Crippen LogP contribution < -0.4 is 5.32 Å². The first-order valence-electron chi connectivity index (χ1n) is 9.90. The summed E-state index contributed by atoms with van der Waals surface area (Å²) in [4.78, 5) is 16.7. The van der Waals surface area contributed by atoms with Gasteiger partial charge in [-0.25, -0.2) is 4.79 Å². The molecule has 1 unspecified atom stereocenters. The second-order valence-corrected chi connectivity index (χ2v) is 7.17. The fourth-order valence-corrected chi connectivity index (χ4v) is 3.34. The molecule has 5 nitrogen and oxygen atoms in total. The van der Waals surface area contributed by atoms with E-state index in [4.69, 9.17) is 5.26 Å². The van der Waals surface area contributed by atoms with Gasteiger partial charge in [0.2, 0.25) is 0 Å². The Labute approximate surface area is 158 Å². The highest BCUT2D eigenvalue weighted by molar-refractivity contribution is 5.74. The molecule has 1 aliphatic heterocycles. The number of nitriles is 1. The van der Waals surface area contributed by atoms with E-state index < -0.39 is 0 Å². The van der Waals surface area contributed by atoms with E-state index in [-0.39, 0.29) is 6.03 Å². The molecule has 0 bridgehead atoms. The van der Waals surface area contributed by atoms with Crippen LogP contribution in [0.2, 0.25) is 0 Å². The van der Waals surface area contributed by atoms with E-state index >= 15 is 0 Å². The number of piperazine rings is 1. The van der Waals surface area contributed by atoms with Gasteiger partial charge in [-0.3, -0.25) is 4.90 Å². The van der Waals surface area contributed by atoms with E-state index in [1.807, 2.05) is 29.2 Å². The Balaban J connectivity index is 1.71. The molecule has 0 saturated carbocycles. The molecule has 1 atom stereocenters. The Morgan fingerprint density at radius 1 is 1.19 bits per heavy atom. The van der Waals surface area contributed by atoms with Crippen LogP contribution >= 0.6 is 0 Å². The predicted molar refractivity (Wildman–Crippen MR) is 105 cm³/mol. The summed E-state index contributed by atoms with van der Waals surface area (Å²) in [5.74, 6) is 0.594. The summed E-state index contributed by atoms with van der Waals surface area (Å²) in [6, 6.07) is 9.98. The molecule has 26 heavy (non-hydrogen) atoms. The number of benzene rings is 1. The number of rotatable bonds is 8. The minimum atomic E-state index is 0.0815. The second kappa shape index (κ2) is 10.8. The third-order valence-corrected chi connectivity index (χ3v) is 5.23. The van der Waals surface area contributed by atoms with E-state index in [9.17, 15) is 4.79 Å². The quantitative estimate of drug-likeness (QED) is 0.774. The molecular formula is C21H32N4O. The van der Waals surface area contributed by atoms with Crippen molar-refractivity contribution in [1.29, 1.82) is 5.26 Å². The fourth-order valence-electron chi connectivity index (χ4n) is 3.34. The van der Waals surface area contributed by atoms with Gasteiger partial charge in [-0.05, 0) is 30.0 Å². The van der Waals surface area contributed by atoms with Crippen molar-refractivity contribution in [3.05, 3.63) is 35.4 Å². The molecule has 1 aromatic carbocycles. The van der Waals surface area contributed by atoms with Gasteiger partial charge in [-0.15, -0.1) is 0 Å². The molecule has 1 fully saturated rings. The maximum absolute atomic E-state index is 12.4. The largest absolute Gasteiger partial charge is 0.338 e. The Morgan fingerprint density at radius 3 is 2.46 bits per heavy atom. The van der Waals surface area contributed by atoms with Crippen LogP contribution in [0.3, 0.4) is 0 Å². The molecule has 5 heteroatoms. The van der Waals surface area contributed by atoms with Gasteiger partial charge in [-0.1, -0.05) is 45.2 Å². The number of nitrogens with one attached hydrogen (secondary N) is 1. The van der Waals surface area contributed by atoms with Crippen LogP contribution in [0, 0.1) is 17.2 Å². The van der Waals surface area contributed by atoms with Gasteiger partial charge >= 0.3 is 6.03 Å². The van der Waals surface area contributed by atoms with Crippen LogP contribution in [-0.4, -0.2) is 48.6 Å². The van der Waals surface area contributed by atoms with Crippen molar-refractivity contribution >= 4 is 6.03 Å². The third-order valence-electron chi connectivity index (χ3n) is 5.23. The van der Waals surface area contributed by atoms with Gasteiger partial charge in [-0.2, -0.15) is 5.26 Å². The lowest BCUT2D eigenvalue weighted by molar-refractivity contribution is 0.134. The molecule has 0 radical (unpaired) electrons. The van der Waals surface area contributed by atoms with E-state index in [0.29, 0.717) is 11.5 Å². The molecule has 2 amide bonds. The predicted octanol–water partition coefficient (Wildman–Crippen LogP) is 3.60. The van der Waals surface area contributed by atoms with Crippen molar-refractivity contribution in [2.45, 2.75) is 46.1 Å². The Kier molecular flexibility index (Phi) is 8.43. The highest BCUT2D eigenvalue weighted by atomic mass is 16.2. The van der Waals surface area contributed by atoms with Crippen LogP contribution in [0.5, 0.6) is 0 Å². The zero-order valence-corrected chi connectivity index (χ0v) is 16.2. The first-order chi connectivity index (χ1) is 12.7. The molecule has 1 heterocycles. The van der Waals surface area contributed by atoms with Gasteiger partial charge < -0.3 is 10.2 Å². The first-order valence-corrected chi connectivity index (χ1v) is 9.90. The van der Waals surface area contributed by atoms with Gasteiger partial charge in [0.15, 0.2) is 0 Å². The smallest absolute Gasteiger partial charge is 0.317 e. The van der Waals surface area contributed by atoms with Gasteiger partial charge in [0.05, 0.1) is 11.6 Å². The minimum absolute atomic E-state index is 0.0815. The number of hydrogen-bond acceptors (Lipinski definition) is 3. The molecule has 0 aromatic heterocycles. The molecule has 142 valence electrons. The van der Waals surface area contributed by atoms with Gasteiger partial charge in [0, 0.05) is 39.3 Å². The maximum atomic E-state index is 12.4. The monoisotopic (exact) mass is 356 g/mol. The highest BCUT2D eigenvalue weighted by Crippen LogP contribution is 2.12. The Hall–Kier alpha value is -2.06. The number of unbranched alkanes of at least 4 members (excludes halogenated alkanes) is 1.